The fourth-order valence-corrected chi connectivity index (χ4v) is 1.91. The third-order valence-electron chi connectivity index (χ3n) is 2.03. The fourth-order valence-electron chi connectivity index (χ4n) is 1.45. The lowest BCUT2D eigenvalue weighted by molar-refractivity contribution is 0.0890. The van der Waals surface area contributed by atoms with E-state index in [-0.39, 0.29) is 25.4 Å². The van der Waals surface area contributed by atoms with Gasteiger partial charge in [0.2, 0.25) is 0 Å². The lowest BCUT2D eigenvalue weighted by Gasteiger charge is -2.23. The Hall–Kier alpha value is -0.490. The highest BCUT2D eigenvalue weighted by molar-refractivity contribution is 9.10. The summed E-state index contributed by atoms with van der Waals surface area (Å²) in [5.41, 5.74) is 0.580. The Labute approximate surface area is 96.2 Å². The second kappa shape index (κ2) is 4.35. The van der Waals surface area contributed by atoms with Crippen molar-refractivity contribution in [2.24, 2.45) is 0 Å². The first kappa shape index (κ1) is 11.6. The minimum atomic E-state index is -0.527. The van der Waals surface area contributed by atoms with Crippen LogP contribution in [0.15, 0.2) is 16.7 Å². The number of hydrogen-bond donors (Lipinski definition) is 1. The highest BCUT2D eigenvalue weighted by atomic mass is 79.9. The van der Waals surface area contributed by atoms with Crippen molar-refractivity contribution in [2.75, 3.05) is 6.67 Å². The van der Waals surface area contributed by atoms with Crippen molar-refractivity contribution in [2.45, 2.75) is 12.6 Å². The van der Waals surface area contributed by atoms with Gasteiger partial charge in [-0.05, 0) is 22.0 Å². The topological polar surface area (TPSA) is 34.0 Å². The first-order valence-corrected chi connectivity index (χ1v) is 4.72. The zero-order valence-corrected chi connectivity index (χ0v) is 9.84. The Bertz CT molecular complexity index is 355. The number of carbonyl (C=O) groups excluding carboxylic acids is 1. The Morgan fingerprint density at radius 1 is 1.71 bits per heavy atom. The molecule has 0 bridgehead atoms. The molecule has 0 saturated carbocycles. The summed E-state index contributed by atoms with van der Waals surface area (Å²) in [6.07, 6.45) is 1.79. The average molecular weight is 281 g/mol. The molecule has 0 unspecified atom stereocenters. The maximum atomic E-state index is 12.3. The van der Waals surface area contributed by atoms with Crippen LogP contribution in [-0.2, 0) is 6.54 Å². The number of nitrogens with one attached hydrogen (secondary N) is 1. The van der Waals surface area contributed by atoms with E-state index in [2.05, 4.69) is 21.2 Å². The van der Waals surface area contributed by atoms with Gasteiger partial charge in [-0.2, -0.15) is 13.5 Å². The van der Waals surface area contributed by atoms with E-state index >= 15 is 0 Å². The first-order chi connectivity index (χ1) is 6.20. The van der Waals surface area contributed by atoms with Crippen molar-refractivity contribution in [1.82, 2.24) is 9.88 Å². The fraction of sp³-hybridized carbons (Fsp3) is 0.375. The molecule has 0 fully saturated rings. The van der Waals surface area contributed by atoms with Gasteiger partial charge in [0.15, 0.2) is 0 Å². The molecule has 1 atom stereocenters. The van der Waals surface area contributed by atoms with E-state index in [0.717, 1.165) is 4.47 Å². The highest BCUT2D eigenvalue weighted by Gasteiger charge is 2.24. The molecule has 0 radical (unpaired) electrons. The molecule has 0 aliphatic carbocycles. The van der Waals surface area contributed by atoms with Crippen molar-refractivity contribution in [3.05, 3.63) is 22.4 Å². The number of alkyl halides is 1. The number of halogens is 2. The van der Waals surface area contributed by atoms with Crippen LogP contribution in [0, 0.1) is 0 Å². The molecule has 1 aromatic rings. The Kier molecular flexibility index (Phi) is 3.60. The maximum absolute atomic E-state index is 12.3. The van der Waals surface area contributed by atoms with Crippen molar-refractivity contribution < 1.29 is 9.18 Å². The van der Waals surface area contributed by atoms with Crippen molar-refractivity contribution in [3.63, 3.8) is 0 Å². The van der Waals surface area contributed by atoms with Crippen LogP contribution in [0.4, 0.5) is 4.39 Å². The van der Waals surface area contributed by atoms with E-state index in [1.54, 1.807) is 16.8 Å². The summed E-state index contributed by atoms with van der Waals surface area (Å²) in [7, 11) is 0. The van der Waals surface area contributed by atoms with Crippen LogP contribution < -0.4 is 5.32 Å². The molecular formula is C8H10BrFN2OS. The zero-order valence-electron chi connectivity index (χ0n) is 7.26. The number of nitrogens with zero attached hydrogens (tertiary/aromatic N) is 1. The van der Waals surface area contributed by atoms with Crippen molar-refractivity contribution >= 4 is 35.3 Å². The van der Waals surface area contributed by atoms with E-state index < -0.39 is 6.67 Å². The van der Waals surface area contributed by atoms with E-state index in [0.29, 0.717) is 12.2 Å². The molecule has 1 aliphatic heterocycles. The number of fused-ring (bicyclic) bond motifs is 1. The van der Waals surface area contributed by atoms with Crippen LogP contribution in [0.5, 0.6) is 0 Å². The third-order valence-corrected chi connectivity index (χ3v) is 2.47. The minimum absolute atomic E-state index is 0. The molecule has 1 amide bonds. The predicted molar refractivity (Wildman–Crippen MR) is 59.7 cm³/mol. The minimum Gasteiger partial charge on any atom is -0.344 e. The molecular weight excluding hydrogens is 271 g/mol. The van der Waals surface area contributed by atoms with Crippen LogP contribution in [0.1, 0.15) is 10.5 Å². The normalized spacial score (nSPS) is 19.6. The van der Waals surface area contributed by atoms with Crippen molar-refractivity contribution in [1.29, 1.82) is 0 Å². The summed E-state index contributed by atoms with van der Waals surface area (Å²) in [5.74, 6) is -0.209. The van der Waals surface area contributed by atoms with Gasteiger partial charge in [-0.25, -0.2) is 4.39 Å². The Morgan fingerprint density at radius 2 is 2.43 bits per heavy atom. The second-order valence-corrected chi connectivity index (χ2v) is 3.94. The highest BCUT2D eigenvalue weighted by Crippen LogP contribution is 2.18. The van der Waals surface area contributed by atoms with Gasteiger partial charge < -0.3 is 9.88 Å². The summed E-state index contributed by atoms with van der Waals surface area (Å²) < 4.78 is 14.9. The van der Waals surface area contributed by atoms with Gasteiger partial charge >= 0.3 is 0 Å². The molecule has 3 nitrogen and oxygen atoms in total. The lowest BCUT2D eigenvalue weighted by Crippen LogP contribution is -2.45. The largest absolute Gasteiger partial charge is 0.344 e. The number of carbonyl (C=O) groups is 1. The molecule has 6 heteroatoms. The van der Waals surface area contributed by atoms with Gasteiger partial charge in [0.25, 0.3) is 5.91 Å². The quantitative estimate of drug-likeness (QED) is 0.830. The molecule has 0 spiro atoms. The molecule has 0 saturated heterocycles. The molecule has 2 rings (SSSR count). The van der Waals surface area contributed by atoms with Gasteiger partial charge in [-0.15, -0.1) is 0 Å². The number of aromatic nitrogens is 1. The van der Waals surface area contributed by atoms with Gasteiger partial charge in [0.05, 0.1) is 6.04 Å². The molecule has 1 aromatic heterocycles. The van der Waals surface area contributed by atoms with Crippen LogP contribution in [0.2, 0.25) is 0 Å². The van der Waals surface area contributed by atoms with E-state index in [1.807, 2.05) is 0 Å². The molecule has 14 heavy (non-hydrogen) atoms. The van der Waals surface area contributed by atoms with Crippen LogP contribution in [0.3, 0.4) is 0 Å². The molecule has 1 aliphatic rings. The van der Waals surface area contributed by atoms with E-state index in [4.69, 9.17) is 0 Å². The smallest absolute Gasteiger partial charge is 0.268 e. The second-order valence-electron chi connectivity index (χ2n) is 3.02. The molecule has 78 valence electrons. The monoisotopic (exact) mass is 280 g/mol. The molecule has 0 aromatic carbocycles. The van der Waals surface area contributed by atoms with Gasteiger partial charge in [-0.1, -0.05) is 0 Å². The Morgan fingerprint density at radius 3 is 3.07 bits per heavy atom. The molecule has 2 heterocycles. The van der Waals surface area contributed by atoms with Gasteiger partial charge in [0.1, 0.15) is 12.4 Å². The van der Waals surface area contributed by atoms with E-state index in [1.165, 1.54) is 0 Å². The summed E-state index contributed by atoms with van der Waals surface area (Å²) in [4.78, 5) is 11.3. The summed E-state index contributed by atoms with van der Waals surface area (Å²) in [5, 5.41) is 2.58. The van der Waals surface area contributed by atoms with Gasteiger partial charge in [0, 0.05) is 17.2 Å². The first-order valence-electron chi connectivity index (χ1n) is 3.93. The summed E-state index contributed by atoms with van der Waals surface area (Å²) >= 11 is 3.27. The summed E-state index contributed by atoms with van der Waals surface area (Å²) in [6, 6.07) is 1.34. The maximum Gasteiger partial charge on any atom is 0.268 e. The summed E-state index contributed by atoms with van der Waals surface area (Å²) in [6.45, 7) is -0.0237. The van der Waals surface area contributed by atoms with Gasteiger partial charge in [-0.3, -0.25) is 4.79 Å². The third kappa shape index (κ3) is 1.95. The lowest BCUT2D eigenvalue weighted by atomic mass is 10.2. The zero-order chi connectivity index (χ0) is 9.42. The number of amides is 1. The van der Waals surface area contributed by atoms with Crippen LogP contribution in [0.25, 0.3) is 0 Å². The number of rotatable bonds is 1. The SMILES string of the molecule is O=C1N[C@H](CF)Cn2cc(Br)cc21.S. The van der Waals surface area contributed by atoms with E-state index in [9.17, 15) is 9.18 Å². The Balaban J connectivity index is 0.000000980. The molecule has 1 N–H and O–H groups in total. The van der Waals surface area contributed by atoms with Crippen LogP contribution in [-0.4, -0.2) is 23.2 Å². The average Bonchev–Trinajstić information content (AvgIpc) is 2.46. The van der Waals surface area contributed by atoms with Crippen molar-refractivity contribution in [3.8, 4) is 0 Å². The standard InChI is InChI=1S/C8H8BrFN2O.H2S/c9-5-1-7-8(13)11-6(2-10)4-12(7)3-5;/h1,3,6H,2,4H2,(H,11,13);1H2/t6-;/m1./s1. The van der Waals surface area contributed by atoms with Crippen LogP contribution >= 0.6 is 29.4 Å². The number of hydrogen-bond acceptors (Lipinski definition) is 1. The predicted octanol–water partition coefficient (Wildman–Crippen LogP) is 1.44.